The highest BCUT2D eigenvalue weighted by Crippen LogP contribution is 2.37. The van der Waals surface area contributed by atoms with Crippen LogP contribution < -0.4 is 15.2 Å². The van der Waals surface area contributed by atoms with Gasteiger partial charge in [-0.15, -0.1) is 0 Å². The first-order chi connectivity index (χ1) is 13.4. The normalized spacial score (nSPS) is 10.9. The van der Waals surface area contributed by atoms with Gasteiger partial charge < -0.3 is 19.8 Å². The number of carbonyl (C=O) groups is 1. The molecule has 8 heteroatoms. The molecule has 0 fully saturated rings. The first-order valence-corrected chi connectivity index (χ1v) is 9.02. The van der Waals surface area contributed by atoms with Crippen molar-refractivity contribution in [3.8, 4) is 28.8 Å². The third kappa shape index (κ3) is 3.53. The Labute approximate surface area is 168 Å². The number of amides is 1. The fourth-order valence-corrected chi connectivity index (χ4v) is 3.26. The summed E-state index contributed by atoms with van der Waals surface area (Å²) in [6.45, 7) is 4.05. The number of methoxy groups -OCH3 is 2. The molecule has 1 amide bonds. The van der Waals surface area contributed by atoms with Crippen LogP contribution in [0.1, 0.15) is 35.8 Å². The van der Waals surface area contributed by atoms with Crippen molar-refractivity contribution >= 4 is 17.5 Å². The lowest BCUT2D eigenvalue weighted by Crippen LogP contribution is -2.13. The molecule has 7 nitrogen and oxygen atoms in total. The van der Waals surface area contributed by atoms with Gasteiger partial charge in [0.25, 0.3) is 5.91 Å². The Kier molecular flexibility index (Phi) is 5.56. The molecule has 28 heavy (non-hydrogen) atoms. The van der Waals surface area contributed by atoms with E-state index in [4.69, 9.17) is 26.8 Å². The summed E-state index contributed by atoms with van der Waals surface area (Å²) in [6, 6.07) is 9.19. The third-order valence-electron chi connectivity index (χ3n) is 4.31. The molecule has 0 aliphatic heterocycles. The zero-order chi connectivity index (χ0) is 20.4. The number of rotatable bonds is 6. The van der Waals surface area contributed by atoms with Crippen LogP contribution >= 0.6 is 11.6 Å². The molecule has 3 rings (SSSR count). The molecular weight excluding hydrogens is 380 g/mol. The van der Waals surface area contributed by atoms with Crippen LogP contribution in [0.4, 0.5) is 0 Å². The number of hydrogen-bond acceptors (Lipinski definition) is 5. The van der Waals surface area contributed by atoms with Gasteiger partial charge in [-0.1, -0.05) is 37.6 Å². The lowest BCUT2D eigenvalue weighted by Gasteiger charge is -2.18. The van der Waals surface area contributed by atoms with Crippen LogP contribution in [0.25, 0.3) is 16.9 Å². The second kappa shape index (κ2) is 7.90. The molecule has 0 aliphatic carbocycles. The second-order valence-electron chi connectivity index (χ2n) is 6.45. The van der Waals surface area contributed by atoms with Crippen molar-refractivity contribution in [2.75, 3.05) is 14.2 Å². The average molecular weight is 401 g/mol. The van der Waals surface area contributed by atoms with Gasteiger partial charge >= 0.3 is 6.01 Å². The monoisotopic (exact) mass is 400 g/mol. The Morgan fingerprint density at radius 1 is 1.21 bits per heavy atom. The quantitative estimate of drug-likeness (QED) is 0.678. The molecule has 0 bridgehead atoms. The number of carbonyl (C=O) groups excluding carboxylic acids is 1. The second-order valence-corrected chi connectivity index (χ2v) is 6.88. The van der Waals surface area contributed by atoms with Crippen molar-refractivity contribution in [1.29, 1.82) is 0 Å². The first kappa shape index (κ1) is 19.7. The molecule has 0 atom stereocenters. The smallest absolute Gasteiger partial charge is 0.319 e. The Morgan fingerprint density at radius 2 is 1.96 bits per heavy atom. The van der Waals surface area contributed by atoms with Crippen LogP contribution in [0.5, 0.6) is 11.9 Å². The van der Waals surface area contributed by atoms with Gasteiger partial charge in [-0.2, -0.15) is 4.98 Å². The summed E-state index contributed by atoms with van der Waals surface area (Å²) in [5.41, 5.74) is 8.84. The van der Waals surface area contributed by atoms with Crippen molar-refractivity contribution in [1.82, 2.24) is 14.5 Å². The summed E-state index contributed by atoms with van der Waals surface area (Å²) in [6.07, 6.45) is 1.59. The van der Waals surface area contributed by atoms with E-state index in [1.165, 1.54) is 14.2 Å². The number of halogens is 1. The molecule has 2 heterocycles. The van der Waals surface area contributed by atoms with Crippen LogP contribution in [0.2, 0.25) is 5.02 Å². The molecule has 2 N–H and O–H groups in total. The van der Waals surface area contributed by atoms with Gasteiger partial charge in [0, 0.05) is 16.3 Å². The molecule has 3 aromatic rings. The number of nitrogens with zero attached hydrogens (tertiary/aromatic N) is 3. The zero-order valence-corrected chi connectivity index (χ0v) is 16.8. The van der Waals surface area contributed by atoms with E-state index in [-0.39, 0.29) is 11.9 Å². The van der Waals surface area contributed by atoms with Gasteiger partial charge in [0.2, 0.25) is 5.88 Å². The van der Waals surface area contributed by atoms with E-state index < -0.39 is 5.91 Å². The molecule has 2 aromatic heterocycles. The summed E-state index contributed by atoms with van der Waals surface area (Å²) < 4.78 is 12.4. The van der Waals surface area contributed by atoms with Crippen molar-refractivity contribution in [3.63, 3.8) is 0 Å². The zero-order valence-electron chi connectivity index (χ0n) is 16.1. The van der Waals surface area contributed by atoms with Crippen molar-refractivity contribution < 1.29 is 14.3 Å². The lowest BCUT2D eigenvalue weighted by molar-refractivity contribution is 0.100. The van der Waals surface area contributed by atoms with E-state index in [9.17, 15) is 4.79 Å². The predicted molar refractivity (Wildman–Crippen MR) is 108 cm³/mol. The van der Waals surface area contributed by atoms with Crippen molar-refractivity contribution in [2.24, 2.45) is 5.73 Å². The molecule has 0 saturated carbocycles. The topological polar surface area (TPSA) is 92.3 Å². The molecule has 0 radical (unpaired) electrons. The van der Waals surface area contributed by atoms with E-state index in [0.717, 1.165) is 11.3 Å². The summed E-state index contributed by atoms with van der Waals surface area (Å²) in [7, 11) is 2.99. The van der Waals surface area contributed by atoms with E-state index >= 15 is 0 Å². The summed E-state index contributed by atoms with van der Waals surface area (Å²) in [4.78, 5) is 20.7. The van der Waals surface area contributed by atoms with Crippen molar-refractivity contribution in [2.45, 2.75) is 19.8 Å². The van der Waals surface area contributed by atoms with Gasteiger partial charge in [0.1, 0.15) is 5.69 Å². The minimum absolute atomic E-state index is 0.0813. The average Bonchev–Trinajstić information content (AvgIpc) is 3.08. The maximum atomic E-state index is 12.2. The molecule has 0 spiro atoms. The van der Waals surface area contributed by atoms with Crippen LogP contribution in [-0.2, 0) is 0 Å². The van der Waals surface area contributed by atoms with Crippen LogP contribution in [-0.4, -0.2) is 34.7 Å². The van der Waals surface area contributed by atoms with E-state index in [1.54, 1.807) is 24.4 Å². The number of aromatic nitrogens is 3. The molecule has 146 valence electrons. The highest BCUT2D eigenvalue weighted by molar-refractivity contribution is 6.30. The SMILES string of the molecule is COc1ncc(-n2c(C(C)C)cc(C(N)=O)c2-c2cccc(Cl)c2)c(OC)n1. The lowest BCUT2D eigenvalue weighted by atomic mass is 10.1. The minimum Gasteiger partial charge on any atom is -0.479 e. The number of ether oxygens (including phenoxy) is 2. The fraction of sp³-hybridized carbons (Fsp3) is 0.250. The molecular formula is C20H21ClN4O3. The number of nitrogens with two attached hydrogens (primary N) is 1. The predicted octanol–water partition coefficient (Wildman–Crippen LogP) is 3.83. The maximum absolute atomic E-state index is 12.2. The van der Waals surface area contributed by atoms with Crippen LogP contribution in [0.15, 0.2) is 36.5 Å². The highest BCUT2D eigenvalue weighted by atomic mass is 35.5. The van der Waals surface area contributed by atoms with Gasteiger partial charge in [0.05, 0.1) is 31.7 Å². The summed E-state index contributed by atoms with van der Waals surface area (Å²) in [5, 5.41) is 0.546. The van der Waals surface area contributed by atoms with Gasteiger partial charge in [-0.3, -0.25) is 4.79 Å². The van der Waals surface area contributed by atoms with E-state index in [1.807, 2.05) is 30.5 Å². The largest absolute Gasteiger partial charge is 0.479 e. The van der Waals surface area contributed by atoms with E-state index in [0.29, 0.717) is 27.8 Å². The van der Waals surface area contributed by atoms with Gasteiger partial charge in [0.15, 0.2) is 0 Å². The van der Waals surface area contributed by atoms with Crippen LogP contribution in [0, 0.1) is 0 Å². The Morgan fingerprint density at radius 3 is 2.54 bits per heavy atom. The number of primary amides is 1. The maximum Gasteiger partial charge on any atom is 0.319 e. The first-order valence-electron chi connectivity index (χ1n) is 8.64. The van der Waals surface area contributed by atoms with Gasteiger partial charge in [-0.25, -0.2) is 4.98 Å². The number of benzene rings is 1. The minimum atomic E-state index is -0.538. The number of hydrogen-bond donors (Lipinski definition) is 1. The standard InChI is InChI=1S/C20H21ClN4O3/c1-11(2)15-9-14(18(22)26)17(12-6-5-7-13(21)8-12)25(15)16-10-23-20(28-4)24-19(16)27-3/h5-11H,1-4H3,(H2,22,26). The van der Waals surface area contributed by atoms with E-state index in [2.05, 4.69) is 9.97 Å². The summed E-state index contributed by atoms with van der Waals surface area (Å²) >= 11 is 6.20. The molecule has 0 saturated heterocycles. The Balaban J connectivity index is 2.41. The Bertz CT molecular complexity index is 1030. The fourth-order valence-electron chi connectivity index (χ4n) is 3.07. The summed E-state index contributed by atoms with van der Waals surface area (Å²) in [5.74, 6) is -0.148. The van der Waals surface area contributed by atoms with Gasteiger partial charge in [-0.05, 0) is 24.1 Å². The molecule has 1 aromatic carbocycles. The van der Waals surface area contributed by atoms with Crippen LogP contribution in [0.3, 0.4) is 0 Å². The Hall–Kier alpha value is -3.06. The van der Waals surface area contributed by atoms with Crippen molar-refractivity contribution in [3.05, 3.63) is 52.8 Å². The highest BCUT2D eigenvalue weighted by Gasteiger charge is 2.25. The molecule has 0 aliphatic rings. The molecule has 0 unspecified atom stereocenters. The third-order valence-corrected chi connectivity index (χ3v) is 4.55.